The van der Waals surface area contributed by atoms with Crippen molar-refractivity contribution in [2.75, 3.05) is 12.4 Å². The summed E-state index contributed by atoms with van der Waals surface area (Å²) in [7, 11) is 1.88. The highest BCUT2D eigenvalue weighted by atomic mass is 79.9. The third kappa shape index (κ3) is 2.37. The van der Waals surface area contributed by atoms with E-state index in [1.54, 1.807) is 0 Å². The van der Waals surface area contributed by atoms with Gasteiger partial charge in [0.1, 0.15) is 11.6 Å². The Bertz CT molecular complexity index is 598. The largest absolute Gasteiger partial charge is 0.372 e. The molecule has 0 fully saturated rings. The Morgan fingerprint density at radius 3 is 3.00 bits per heavy atom. The van der Waals surface area contributed by atoms with Crippen molar-refractivity contribution in [1.82, 2.24) is 9.97 Å². The lowest BCUT2D eigenvalue weighted by molar-refractivity contribution is 0.590. The molecule has 1 aromatic carbocycles. The summed E-state index contributed by atoms with van der Waals surface area (Å²) in [5.74, 6) is 2.10. The molecule has 98 valence electrons. The minimum absolute atomic E-state index is 0.324. The van der Waals surface area contributed by atoms with E-state index < -0.39 is 0 Å². The molecule has 2 aromatic rings. The van der Waals surface area contributed by atoms with Crippen LogP contribution in [0.3, 0.4) is 0 Å². The Morgan fingerprint density at radius 1 is 1.32 bits per heavy atom. The Morgan fingerprint density at radius 2 is 2.16 bits per heavy atom. The standard InChI is InChI=1S/C15H16BrN3/c1-17-15-13(16)9-18-14(19-15)12-8-4-6-10-5-2-3-7-11(10)12/h2-3,5,7,9,12H,4,6,8H2,1H3,(H,17,18,19). The van der Waals surface area contributed by atoms with Crippen LogP contribution in [0, 0.1) is 0 Å². The van der Waals surface area contributed by atoms with E-state index in [0.717, 1.165) is 22.5 Å². The number of nitrogens with zero attached hydrogens (tertiary/aromatic N) is 2. The Kier molecular flexibility index (Phi) is 3.51. The normalized spacial score (nSPS) is 17.9. The van der Waals surface area contributed by atoms with Gasteiger partial charge in [0.05, 0.1) is 4.47 Å². The number of rotatable bonds is 2. The second-order valence-corrected chi connectivity index (χ2v) is 5.67. The third-order valence-corrected chi connectivity index (χ3v) is 4.26. The molecule has 1 aliphatic rings. The molecule has 3 nitrogen and oxygen atoms in total. The van der Waals surface area contributed by atoms with Crippen LogP contribution in [0.15, 0.2) is 34.9 Å². The molecule has 0 spiro atoms. The number of benzene rings is 1. The highest BCUT2D eigenvalue weighted by Crippen LogP contribution is 2.35. The molecule has 1 heterocycles. The lowest BCUT2D eigenvalue weighted by Crippen LogP contribution is -2.14. The number of hydrogen-bond donors (Lipinski definition) is 1. The number of anilines is 1. The van der Waals surface area contributed by atoms with Crippen molar-refractivity contribution < 1.29 is 0 Å². The van der Waals surface area contributed by atoms with Crippen LogP contribution in [-0.2, 0) is 6.42 Å². The maximum atomic E-state index is 4.64. The fraction of sp³-hybridized carbons (Fsp3) is 0.333. The molecule has 1 unspecified atom stereocenters. The van der Waals surface area contributed by atoms with Crippen LogP contribution >= 0.6 is 15.9 Å². The third-order valence-electron chi connectivity index (χ3n) is 3.68. The number of hydrogen-bond acceptors (Lipinski definition) is 3. The Balaban J connectivity index is 2.04. The predicted octanol–water partition coefficient (Wildman–Crippen LogP) is 3.75. The average Bonchev–Trinajstić information content (AvgIpc) is 2.47. The maximum absolute atomic E-state index is 4.64. The average molecular weight is 318 g/mol. The van der Waals surface area contributed by atoms with E-state index in [-0.39, 0.29) is 0 Å². The van der Waals surface area contributed by atoms with Crippen LogP contribution in [0.4, 0.5) is 5.82 Å². The molecule has 3 rings (SSSR count). The molecule has 4 heteroatoms. The summed E-state index contributed by atoms with van der Waals surface area (Å²) in [6.07, 6.45) is 5.34. The molecule has 1 aromatic heterocycles. The smallest absolute Gasteiger partial charge is 0.143 e. The van der Waals surface area contributed by atoms with Gasteiger partial charge in [-0.25, -0.2) is 9.97 Å². The van der Waals surface area contributed by atoms with Gasteiger partial charge in [-0.1, -0.05) is 24.3 Å². The monoisotopic (exact) mass is 317 g/mol. The molecular formula is C15H16BrN3. The van der Waals surface area contributed by atoms with Crippen molar-refractivity contribution in [2.45, 2.75) is 25.2 Å². The highest BCUT2D eigenvalue weighted by molar-refractivity contribution is 9.10. The lowest BCUT2D eigenvalue weighted by Gasteiger charge is -2.24. The zero-order valence-corrected chi connectivity index (χ0v) is 12.4. The quantitative estimate of drug-likeness (QED) is 0.916. The molecule has 0 amide bonds. The zero-order valence-electron chi connectivity index (χ0n) is 10.9. The molecule has 0 aliphatic heterocycles. The molecule has 0 radical (unpaired) electrons. The fourth-order valence-electron chi connectivity index (χ4n) is 2.75. The number of aryl methyl sites for hydroxylation is 1. The van der Waals surface area contributed by atoms with Crippen molar-refractivity contribution in [3.63, 3.8) is 0 Å². The molecule has 1 N–H and O–H groups in total. The van der Waals surface area contributed by atoms with Gasteiger partial charge >= 0.3 is 0 Å². The van der Waals surface area contributed by atoms with Crippen LogP contribution in [0.25, 0.3) is 0 Å². The van der Waals surface area contributed by atoms with Crippen molar-refractivity contribution in [3.8, 4) is 0 Å². The molecule has 1 atom stereocenters. The van der Waals surface area contributed by atoms with Gasteiger partial charge < -0.3 is 5.32 Å². The summed E-state index contributed by atoms with van der Waals surface area (Å²) >= 11 is 3.46. The van der Waals surface area contributed by atoms with E-state index in [2.05, 4.69) is 55.5 Å². The van der Waals surface area contributed by atoms with Gasteiger partial charge in [0.2, 0.25) is 0 Å². The van der Waals surface area contributed by atoms with Gasteiger partial charge in [-0.3, -0.25) is 0 Å². The lowest BCUT2D eigenvalue weighted by atomic mass is 9.82. The van der Waals surface area contributed by atoms with Crippen LogP contribution in [0.2, 0.25) is 0 Å². The second kappa shape index (κ2) is 5.29. The SMILES string of the molecule is CNc1nc(C2CCCc3ccccc32)ncc1Br. The van der Waals surface area contributed by atoms with Crippen LogP contribution in [0.1, 0.15) is 35.7 Å². The van der Waals surface area contributed by atoms with E-state index in [1.807, 2.05) is 13.2 Å². The van der Waals surface area contributed by atoms with Crippen LogP contribution in [0.5, 0.6) is 0 Å². The topological polar surface area (TPSA) is 37.8 Å². The van der Waals surface area contributed by atoms with Gasteiger partial charge in [0.25, 0.3) is 0 Å². The van der Waals surface area contributed by atoms with E-state index in [0.29, 0.717) is 5.92 Å². The van der Waals surface area contributed by atoms with Crippen molar-refractivity contribution in [1.29, 1.82) is 0 Å². The van der Waals surface area contributed by atoms with Crippen molar-refractivity contribution >= 4 is 21.7 Å². The molecule has 0 saturated heterocycles. The summed E-state index contributed by atoms with van der Waals surface area (Å²) in [6, 6.07) is 8.65. The summed E-state index contributed by atoms with van der Waals surface area (Å²) in [6.45, 7) is 0. The van der Waals surface area contributed by atoms with Gasteiger partial charge in [0, 0.05) is 19.2 Å². The highest BCUT2D eigenvalue weighted by Gasteiger charge is 2.24. The molecule has 0 bridgehead atoms. The molecule has 19 heavy (non-hydrogen) atoms. The zero-order chi connectivity index (χ0) is 13.2. The number of halogens is 1. The second-order valence-electron chi connectivity index (χ2n) is 4.82. The number of aromatic nitrogens is 2. The van der Waals surface area contributed by atoms with Crippen LogP contribution in [-0.4, -0.2) is 17.0 Å². The first-order valence-electron chi connectivity index (χ1n) is 6.57. The maximum Gasteiger partial charge on any atom is 0.143 e. The van der Waals surface area contributed by atoms with Gasteiger partial charge in [-0.2, -0.15) is 0 Å². The predicted molar refractivity (Wildman–Crippen MR) is 80.5 cm³/mol. The fourth-order valence-corrected chi connectivity index (χ4v) is 3.14. The first-order valence-corrected chi connectivity index (χ1v) is 7.37. The summed E-state index contributed by atoms with van der Waals surface area (Å²) in [5, 5.41) is 3.10. The van der Waals surface area contributed by atoms with E-state index in [4.69, 9.17) is 0 Å². The first kappa shape index (κ1) is 12.6. The molecule has 0 saturated carbocycles. The van der Waals surface area contributed by atoms with Gasteiger partial charge in [-0.15, -0.1) is 0 Å². The van der Waals surface area contributed by atoms with Crippen molar-refractivity contribution in [3.05, 3.63) is 51.9 Å². The Hall–Kier alpha value is -1.42. The molecular weight excluding hydrogens is 302 g/mol. The number of fused-ring (bicyclic) bond motifs is 1. The molecule has 1 aliphatic carbocycles. The Labute approximate surface area is 121 Å². The summed E-state index contributed by atoms with van der Waals surface area (Å²) in [4.78, 5) is 9.16. The minimum Gasteiger partial charge on any atom is -0.372 e. The van der Waals surface area contributed by atoms with E-state index in [9.17, 15) is 0 Å². The first-order chi connectivity index (χ1) is 9.29. The summed E-state index contributed by atoms with van der Waals surface area (Å²) in [5.41, 5.74) is 2.83. The van der Waals surface area contributed by atoms with Gasteiger partial charge in [-0.05, 0) is 46.3 Å². The summed E-state index contributed by atoms with van der Waals surface area (Å²) < 4.78 is 0.905. The minimum atomic E-state index is 0.324. The van der Waals surface area contributed by atoms with Crippen LogP contribution < -0.4 is 5.32 Å². The van der Waals surface area contributed by atoms with Crippen molar-refractivity contribution in [2.24, 2.45) is 0 Å². The number of nitrogens with one attached hydrogen (secondary N) is 1. The van der Waals surface area contributed by atoms with Gasteiger partial charge in [0.15, 0.2) is 0 Å². The van der Waals surface area contributed by atoms with E-state index in [1.165, 1.54) is 24.0 Å². The van der Waals surface area contributed by atoms with E-state index >= 15 is 0 Å².